The van der Waals surface area contributed by atoms with Crippen molar-refractivity contribution >= 4 is 37.8 Å². The summed E-state index contributed by atoms with van der Waals surface area (Å²) in [7, 11) is 0. The number of esters is 1. The average Bonchev–Trinajstić information content (AvgIpc) is 3.19. The molecular weight excluding hydrogens is 525 g/mol. The number of rotatable bonds is 5. The van der Waals surface area contributed by atoms with E-state index >= 15 is 0 Å². The molecule has 0 amide bonds. The number of hydrogen-bond acceptors (Lipinski definition) is 2. The largest absolute Gasteiger partial charge is 0.461 e. The van der Waals surface area contributed by atoms with Crippen LogP contribution in [0.15, 0.2) is 51.9 Å². The van der Waals surface area contributed by atoms with Gasteiger partial charge in [-0.1, -0.05) is 56.3 Å². The van der Waals surface area contributed by atoms with Gasteiger partial charge in [-0.2, -0.15) is 13.2 Å². The first-order valence-corrected chi connectivity index (χ1v) is 11.0. The lowest BCUT2D eigenvalue weighted by atomic mass is 9.93. The lowest BCUT2D eigenvalue weighted by molar-refractivity contribution is -0.147. The van der Waals surface area contributed by atoms with Crippen LogP contribution in [0.5, 0.6) is 0 Å². The van der Waals surface area contributed by atoms with Gasteiger partial charge in [0.15, 0.2) is 0 Å². The van der Waals surface area contributed by atoms with E-state index < -0.39 is 11.7 Å². The molecule has 2 unspecified atom stereocenters. The summed E-state index contributed by atoms with van der Waals surface area (Å²) >= 11 is 6.65. The first kappa shape index (κ1) is 23.1. The van der Waals surface area contributed by atoms with Gasteiger partial charge in [0.1, 0.15) is 6.61 Å². The second-order valence-corrected chi connectivity index (χ2v) is 10.8. The minimum atomic E-state index is -4.45. The van der Waals surface area contributed by atoms with Crippen molar-refractivity contribution in [3.05, 3.63) is 68.6 Å². The number of halogens is 5. The molecule has 160 valence electrons. The van der Waals surface area contributed by atoms with Gasteiger partial charge in [-0.05, 0) is 78.4 Å². The number of carbonyl (C=O) groups is 1. The van der Waals surface area contributed by atoms with Crippen LogP contribution >= 0.6 is 31.9 Å². The van der Waals surface area contributed by atoms with E-state index in [0.717, 1.165) is 9.46 Å². The third kappa shape index (κ3) is 4.67. The van der Waals surface area contributed by atoms with E-state index in [9.17, 15) is 18.0 Å². The lowest BCUT2D eigenvalue weighted by Gasteiger charge is -2.16. The van der Waals surface area contributed by atoms with Gasteiger partial charge in [-0.25, -0.2) is 0 Å². The van der Waals surface area contributed by atoms with Crippen LogP contribution in [-0.4, -0.2) is 5.97 Å². The van der Waals surface area contributed by atoms with Crippen molar-refractivity contribution < 1.29 is 22.7 Å². The van der Waals surface area contributed by atoms with E-state index in [1.54, 1.807) is 31.2 Å². The summed E-state index contributed by atoms with van der Waals surface area (Å²) in [6, 6.07) is 10.6. The molecule has 2 aromatic carbocycles. The van der Waals surface area contributed by atoms with E-state index in [2.05, 4.69) is 31.9 Å². The summed E-state index contributed by atoms with van der Waals surface area (Å²) in [4.78, 5) is 12.6. The van der Waals surface area contributed by atoms with Gasteiger partial charge >= 0.3 is 12.1 Å². The predicted molar refractivity (Wildman–Crippen MR) is 118 cm³/mol. The summed E-state index contributed by atoms with van der Waals surface area (Å²) in [5, 5.41) is 0. The molecule has 2 aromatic rings. The molecule has 1 aliphatic rings. The summed E-state index contributed by atoms with van der Waals surface area (Å²) in [6.45, 7) is 5.78. The third-order valence-corrected chi connectivity index (χ3v) is 6.34. The molecular formula is C23H21Br2F3O2. The summed E-state index contributed by atoms with van der Waals surface area (Å²) in [5.41, 5.74) is 1.06. The van der Waals surface area contributed by atoms with Crippen LogP contribution in [-0.2, 0) is 22.3 Å². The third-order valence-electron chi connectivity index (χ3n) is 5.81. The molecule has 0 N–H and O–H groups in total. The number of benzene rings is 2. The Morgan fingerprint density at radius 2 is 1.73 bits per heavy atom. The zero-order chi connectivity index (χ0) is 22.3. The van der Waals surface area contributed by atoms with E-state index in [-0.39, 0.29) is 35.4 Å². The van der Waals surface area contributed by atoms with Gasteiger partial charge in [-0.15, -0.1) is 0 Å². The molecule has 0 bridgehead atoms. The highest BCUT2D eigenvalue weighted by molar-refractivity contribution is 9.28. The molecule has 1 aliphatic carbocycles. The first-order chi connectivity index (χ1) is 13.9. The van der Waals surface area contributed by atoms with Crippen molar-refractivity contribution in [3.8, 4) is 11.1 Å². The molecule has 1 saturated carbocycles. The van der Waals surface area contributed by atoms with Gasteiger partial charge in [-0.3, -0.25) is 4.79 Å². The highest BCUT2D eigenvalue weighted by Gasteiger charge is 2.61. The second-order valence-electron chi connectivity index (χ2n) is 8.02. The average molecular weight is 546 g/mol. The van der Waals surface area contributed by atoms with Crippen molar-refractivity contribution in [2.75, 3.05) is 0 Å². The molecule has 0 spiro atoms. The van der Waals surface area contributed by atoms with E-state index in [4.69, 9.17) is 4.74 Å². The highest BCUT2D eigenvalue weighted by atomic mass is 79.9. The SMILES string of the molecule is Cc1c(COC(=O)C2C(C=C(Br)Br)C2(C)C)cccc1-c1ccccc1C(F)(F)F. The predicted octanol–water partition coefficient (Wildman–Crippen LogP) is 7.63. The summed E-state index contributed by atoms with van der Waals surface area (Å²) in [5.74, 6) is -0.495. The van der Waals surface area contributed by atoms with Crippen LogP contribution < -0.4 is 0 Å². The molecule has 0 saturated heterocycles. The van der Waals surface area contributed by atoms with E-state index in [1.807, 2.05) is 19.9 Å². The normalized spacial score (nSPS) is 19.9. The Kier molecular flexibility index (Phi) is 6.54. The van der Waals surface area contributed by atoms with Crippen LogP contribution in [0, 0.1) is 24.2 Å². The van der Waals surface area contributed by atoms with Crippen LogP contribution in [0.1, 0.15) is 30.5 Å². The Balaban J connectivity index is 1.81. The smallest absolute Gasteiger partial charge is 0.417 e. The van der Waals surface area contributed by atoms with Crippen molar-refractivity contribution in [2.45, 2.75) is 33.6 Å². The topological polar surface area (TPSA) is 26.3 Å². The van der Waals surface area contributed by atoms with Crippen LogP contribution in [0.4, 0.5) is 13.2 Å². The first-order valence-electron chi connectivity index (χ1n) is 9.39. The molecule has 2 nitrogen and oxygen atoms in total. The molecule has 30 heavy (non-hydrogen) atoms. The number of alkyl halides is 3. The minimum Gasteiger partial charge on any atom is -0.461 e. The number of hydrogen-bond donors (Lipinski definition) is 0. The Morgan fingerprint density at radius 3 is 2.37 bits per heavy atom. The van der Waals surface area contributed by atoms with E-state index in [1.165, 1.54) is 12.1 Å². The Morgan fingerprint density at radius 1 is 1.10 bits per heavy atom. The van der Waals surface area contributed by atoms with Crippen LogP contribution in [0.3, 0.4) is 0 Å². The van der Waals surface area contributed by atoms with Crippen LogP contribution in [0.25, 0.3) is 11.1 Å². The standard InChI is InChI=1S/C23H21Br2F3O2/c1-13-14(12-30-21(29)20-18(11-19(24)25)22(20,2)3)7-6-9-15(13)16-8-4-5-10-17(16)23(26,27)28/h4-11,18,20H,12H2,1-3H3. The van der Waals surface area contributed by atoms with Crippen molar-refractivity contribution in [3.63, 3.8) is 0 Å². The fraction of sp³-hybridized carbons (Fsp3) is 0.348. The monoisotopic (exact) mass is 544 g/mol. The number of ether oxygens (including phenoxy) is 1. The highest BCUT2D eigenvalue weighted by Crippen LogP contribution is 2.60. The maximum absolute atomic E-state index is 13.4. The number of allylic oxidation sites excluding steroid dienone is 1. The Labute approximate surface area is 190 Å². The van der Waals surface area contributed by atoms with Gasteiger partial charge in [0.05, 0.1) is 14.9 Å². The summed E-state index contributed by atoms with van der Waals surface area (Å²) < 4.78 is 46.6. The van der Waals surface area contributed by atoms with Gasteiger partial charge in [0.2, 0.25) is 0 Å². The Hall–Kier alpha value is -1.60. The molecule has 0 aliphatic heterocycles. The number of carbonyl (C=O) groups excluding carboxylic acids is 1. The summed E-state index contributed by atoms with van der Waals surface area (Å²) in [6.07, 6.45) is -2.51. The molecule has 0 aromatic heterocycles. The lowest BCUT2D eigenvalue weighted by Crippen LogP contribution is -2.11. The zero-order valence-corrected chi connectivity index (χ0v) is 19.9. The molecule has 0 heterocycles. The molecule has 1 fully saturated rings. The fourth-order valence-corrected chi connectivity index (χ4v) is 4.48. The van der Waals surface area contributed by atoms with Crippen molar-refractivity contribution in [1.29, 1.82) is 0 Å². The fourth-order valence-electron chi connectivity index (χ4n) is 3.91. The van der Waals surface area contributed by atoms with Crippen LogP contribution in [0.2, 0.25) is 0 Å². The molecule has 7 heteroatoms. The van der Waals surface area contributed by atoms with Gasteiger partial charge < -0.3 is 4.74 Å². The minimum absolute atomic E-state index is 0.0190. The van der Waals surface area contributed by atoms with Gasteiger partial charge in [0, 0.05) is 0 Å². The Bertz CT molecular complexity index is 992. The zero-order valence-electron chi connectivity index (χ0n) is 16.7. The van der Waals surface area contributed by atoms with E-state index in [0.29, 0.717) is 16.7 Å². The maximum atomic E-state index is 13.4. The molecule has 2 atom stereocenters. The maximum Gasteiger partial charge on any atom is 0.417 e. The molecule has 3 rings (SSSR count). The molecule has 0 radical (unpaired) electrons. The second kappa shape index (κ2) is 8.50. The van der Waals surface area contributed by atoms with Crippen molar-refractivity contribution in [1.82, 2.24) is 0 Å². The quantitative estimate of drug-likeness (QED) is 0.361. The van der Waals surface area contributed by atoms with Gasteiger partial charge in [0.25, 0.3) is 0 Å². The van der Waals surface area contributed by atoms with Crippen molar-refractivity contribution in [2.24, 2.45) is 17.3 Å².